The second-order valence-electron chi connectivity index (χ2n) is 6.02. The smallest absolute Gasteiger partial charge is 0.175 e. The number of hydrogen-bond donors (Lipinski definition) is 3. The average Bonchev–Trinajstić information content (AvgIpc) is 2.60. The molecule has 0 amide bonds. The molecule has 2 heterocycles. The fourth-order valence-electron chi connectivity index (χ4n) is 2.30. The fourth-order valence-corrected chi connectivity index (χ4v) is 3.12. The third-order valence-corrected chi connectivity index (χ3v) is 4.40. The highest BCUT2D eigenvalue weighted by molar-refractivity contribution is 7.99. The number of aromatic nitrogens is 4. The van der Waals surface area contributed by atoms with Gasteiger partial charge < -0.3 is 15.5 Å². The van der Waals surface area contributed by atoms with Crippen molar-refractivity contribution in [3.8, 4) is 11.4 Å². The summed E-state index contributed by atoms with van der Waals surface area (Å²) in [6.07, 6.45) is 3.29. The number of anilines is 2. The molecule has 3 N–H and O–H groups in total. The van der Waals surface area contributed by atoms with Gasteiger partial charge in [-0.05, 0) is 32.0 Å². The first kappa shape index (κ1) is 18.2. The second kappa shape index (κ2) is 8.20. The van der Waals surface area contributed by atoms with E-state index in [1.807, 2.05) is 51.2 Å². The van der Waals surface area contributed by atoms with E-state index in [1.54, 1.807) is 22.8 Å². The van der Waals surface area contributed by atoms with Gasteiger partial charge in [-0.3, -0.25) is 5.10 Å². The normalized spacial score (nSPS) is 11.1. The van der Waals surface area contributed by atoms with Crippen molar-refractivity contribution in [1.82, 2.24) is 20.0 Å². The first-order valence-electron chi connectivity index (χ1n) is 8.26. The van der Waals surface area contributed by atoms with Crippen LogP contribution in [0.4, 0.5) is 11.5 Å². The van der Waals surface area contributed by atoms with Gasteiger partial charge in [-0.15, -0.1) is 5.10 Å². The van der Waals surface area contributed by atoms with Crippen LogP contribution < -0.4 is 5.32 Å². The number of aromatic amines is 1. The van der Waals surface area contributed by atoms with Crippen molar-refractivity contribution in [2.24, 2.45) is 7.05 Å². The number of H-pyrrole nitrogens is 1. The maximum Gasteiger partial charge on any atom is 0.175 e. The minimum absolute atomic E-state index is 0.195. The second-order valence-corrected chi connectivity index (χ2v) is 7.02. The van der Waals surface area contributed by atoms with Gasteiger partial charge in [0.05, 0.1) is 12.0 Å². The van der Waals surface area contributed by atoms with Gasteiger partial charge in [0.15, 0.2) is 5.82 Å². The molecule has 3 rings (SSSR count). The molecule has 0 aliphatic rings. The number of benzene rings is 1. The van der Waals surface area contributed by atoms with Crippen molar-refractivity contribution in [2.45, 2.75) is 24.8 Å². The van der Waals surface area contributed by atoms with Gasteiger partial charge in [0.25, 0.3) is 0 Å². The minimum atomic E-state index is 0.195. The summed E-state index contributed by atoms with van der Waals surface area (Å²) < 4.78 is 5.55. The molecule has 136 valence electrons. The van der Waals surface area contributed by atoms with Gasteiger partial charge in [0, 0.05) is 41.2 Å². The maximum atomic E-state index is 7.68. The van der Waals surface area contributed by atoms with Crippen LogP contribution in [-0.2, 0) is 11.8 Å². The van der Waals surface area contributed by atoms with Gasteiger partial charge in [0.2, 0.25) is 0 Å². The lowest BCUT2D eigenvalue weighted by molar-refractivity contribution is 0.120. The molecule has 0 aliphatic heterocycles. The number of nitrogens with zero attached hydrogens (tertiary/aromatic N) is 3. The van der Waals surface area contributed by atoms with E-state index < -0.39 is 0 Å². The van der Waals surface area contributed by atoms with Crippen LogP contribution in [0.5, 0.6) is 0 Å². The lowest BCUT2D eigenvalue weighted by Crippen LogP contribution is -2.11. The Hall–Kier alpha value is -2.58. The minimum Gasteiger partial charge on any atom is -0.368 e. The van der Waals surface area contributed by atoms with Crippen molar-refractivity contribution in [1.29, 1.82) is 5.41 Å². The molecule has 3 aromatic rings. The lowest BCUT2D eigenvalue weighted by atomic mass is 10.2. The molecule has 0 fully saturated rings. The Morgan fingerprint density at radius 3 is 2.88 bits per heavy atom. The zero-order chi connectivity index (χ0) is 18.5. The standard InChI is InChI=1S/C18H22N6OS/c1-12(2)25-11-26-16-8-14(9-19)17(20-10-16)21-15-6-4-5-13(7-15)18-22-24(3)23-18/h4-10,12,19H,11H2,1-3H3,(H,20,21)(H,22,23). The van der Waals surface area contributed by atoms with Gasteiger partial charge in [-0.1, -0.05) is 23.9 Å². The van der Waals surface area contributed by atoms with Crippen LogP contribution in [0, 0.1) is 5.41 Å². The molecule has 0 bridgehead atoms. The van der Waals surface area contributed by atoms with Gasteiger partial charge in [0.1, 0.15) is 5.82 Å². The van der Waals surface area contributed by atoms with E-state index in [-0.39, 0.29) is 6.10 Å². The summed E-state index contributed by atoms with van der Waals surface area (Å²) in [5, 5.41) is 18.3. The van der Waals surface area contributed by atoms with E-state index in [2.05, 4.69) is 20.5 Å². The molecule has 7 nitrogen and oxygen atoms in total. The monoisotopic (exact) mass is 370 g/mol. The lowest BCUT2D eigenvalue weighted by Gasteiger charge is -2.13. The third-order valence-electron chi connectivity index (χ3n) is 3.59. The van der Waals surface area contributed by atoms with Crippen LogP contribution in [0.2, 0.25) is 0 Å². The van der Waals surface area contributed by atoms with Crippen LogP contribution in [0.15, 0.2) is 41.4 Å². The van der Waals surface area contributed by atoms with E-state index in [0.717, 1.165) is 27.5 Å². The van der Waals surface area contributed by atoms with Crippen molar-refractivity contribution < 1.29 is 4.74 Å². The summed E-state index contributed by atoms with van der Waals surface area (Å²) in [5.41, 5.74) is 2.60. The third kappa shape index (κ3) is 4.53. The van der Waals surface area contributed by atoms with Crippen LogP contribution in [0.1, 0.15) is 19.4 Å². The van der Waals surface area contributed by atoms with Gasteiger partial charge >= 0.3 is 0 Å². The molecule has 8 heteroatoms. The van der Waals surface area contributed by atoms with Crippen LogP contribution in [0.25, 0.3) is 11.4 Å². The van der Waals surface area contributed by atoms with E-state index >= 15 is 0 Å². The SMILES string of the molecule is CC(C)OCSc1cnc(Nc2cccc(-c3nn(C)[nH]3)c2)c(C=N)c1. The molecule has 0 spiro atoms. The summed E-state index contributed by atoms with van der Waals surface area (Å²) in [7, 11) is 1.84. The number of nitrogens with one attached hydrogen (secondary N) is 3. The molecule has 1 aromatic carbocycles. The Bertz CT molecular complexity index is 873. The Morgan fingerprint density at radius 1 is 1.38 bits per heavy atom. The predicted molar refractivity (Wildman–Crippen MR) is 105 cm³/mol. The average molecular weight is 370 g/mol. The molecule has 0 saturated carbocycles. The highest BCUT2D eigenvalue weighted by Crippen LogP contribution is 2.26. The summed E-state index contributed by atoms with van der Waals surface area (Å²) >= 11 is 1.57. The first-order valence-corrected chi connectivity index (χ1v) is 9.25. The fraction of sp³-hybridized carbons (Fsp3) is 0.278. The van der Waals surface area contributed by atoms with Gasteiger partial charge in [-0.25, -0.2) is 9.78 Å². The number of thioether (sulfide) groups is 1. The van der Waals surface area contributed by atoms with E-state index in [1.165, 1.54) is 6.21 Å². The largest absolute Gasteiger partial charge is 0.368 e. The Balaban J connectivity index is 1.73. The molecular weight excluding hydrogens is 348 g/mol. The maximum absolute atomic E-state index is 7.68. The van der Waals surface area contributed by atoms with Gasteiger partial charge in [-0.2, -0.15) is 0 Å². The topological polar surface area (TPSA) is 91.6 Å². The molecule has 0 atom stereocenters. The number of hydrogen-bond acceptors (Lipinski definition) is 6. The molecular formula is C18H22N6OS. The Morgan fingerprint density at radius 2 is 2.19 bits per heavy atom. The zero-order valence-electron chi connectivity index (χ0n) is 15.0. The first-order chi connectivity index (χ1) is 12.5. The summed E-state index contributed by atoms with van der Waals surface area (Å²) in [4.78, 5) is 7.10. The quantitative estimate of drug-likeness (QED) is 0.316. The molecule has 0 radical (unpaired) electrons. The Labute approximate surface area is 156 Å². The highest BCUT2D eigenvalue weighted by atomic mass is 32.2. The number of rotatable bonds is 8. The van der Waals surface area contributed by atoms with Crippen LogP contribution >= 0.6 is 11.8 Å². The van der Waals surface area contributed by atoms with Crippen molar-refractivity contribution in [3.63, 3.8) is 0 Å². The molecule has 0 aliphatic carbocycles. The zero-order valence-corrected chi connectivity index (χ0v) is 15.8. The summed E-state index contributed by atoms with van der Waals surface area (Å²) in [6.45, 7) is 4.01. The molecule has 0 unspecified atom stereocenters. The van der Waals surface area contributed by atoms with E-state index in [0.29, 0.717) is 11.8 Å². The Kier molecular flexibility index (Phi) is 5.75. The van der Waals surface area contributed by atoms with Crippen molar-refractivity contribution in [3.05, 3.63) is 42.1 Å². The van der Waals surface area contributed by atoms with Crippen molar-refractivity contribution >= 4 is 29.5 Å². The highest BCUT2D eigenvalue weighted by Gasteiger charge is 2.08. The molecule has 0 saturated heterocycles. The number of pyridine rings is 1. The summed E-state index contributed by atoms with van der Waals surface area (Å²) in [6, 6.07) is 9.84. The molecule has 26 heavy (non-hydrogen) atoms. The number of aryl methyl sites for hydroxylation is 1. The number of ether oxygens (including phenoxy) is 1. The van der Waals surface area contributed by atoms with Crippen LogP contribution in [-0.4, -0.2) is 38.2 Å². The van der Waals surface area contributed by atoms with Crippen LogP contribution in [0.3, 0.4) is 0 Å². The summed E-state index contributed by atoms with van der Waals surface area (Å²) in [5.74, 6) is 2.04. The molecule has 2 aromatic heterocycles. The predicted octanol–water partition coefficient (Wildman–Crippen LogP) is 4.03. The van der Waals surface area contributed by atoms with Crippen molar-refractivity contribution in [2.75, 3.05) is 11.3 Å². The van der Waals surface area contributed by atoms with E-state index in [4.69, 9.17) is 10.1 Å². The van der Waals surface area contributed by atoms with E-state index in [9.17, 15) is 0 Å².